The predicted octanol–water partition coefficient (Wildman–Crippen LogP) is -0.827. The van der Waals surface area contributed by atoms with Crippen LogP contribution < -0.4 is 4.72 Å². The largest absolute Gasteiger partial charge is 0.365 e. The highest BCUT2D eigenvalue weighted by Gasteiger charge is 2.24. The number of likely N-dealkylation sites (N-methyl/N-ethyl adjacent to an activating group) is 1. The van der Waals surface area contributed by atoms with Gasteiger partial charge in [0.2, 0.25) is 15.9 Å². The van der Waals surface area contributed by atoms with Crippen LogP contribution in [0.15, 0.2) is 0 Å². The number of ether oxygens (including phenoxy) is 1. The van der Waals surface area contributed by atoms with E-state index in [1.165, 1.54) is 0 Å². The van der Waals surface area contributed by atoms with Crippen LogP contribution in [0.1, 0.15) is 13.3 Å². The molecule has 1 rings (SSSR count). The molecular weight excluding hydrogens is 232 g/mol. The Kier molecular flexibility index (Phi) is 4.69. The van der Waals surface area contributed by atoms with Gasteiger partial charge < -0.3 is 9.64 Å². The molecule has 1 aliphatic rings. The third-order valence-corrected chi connectivity index (χ3v) is 3.90. The fraction of sp³-hybridized carbons (Fsp3) is 0.889. The van der Waals surface area contributed by atoms with E-state index in [0.717, 1.165) is 0 Å². The Morgan fingerprint density at radius 1 is 1.56 bits per heavy atom. The third kappa shape index (κ3) is 4.07. The van der Waals surface area contributed by atoms with Crippen molar-refractivity contribution in [2.24, 2.45) is 0 Å². The Hall–Kier alpha value is -0.660. The Morgan fingerprint density at radius 2 is 2.25 bits per heavy atom. The lowest BCUT2D eigenvalue weighted by molar-refractivity contribution is -0.146. The van der Waals surface area contributed by atoms with E-state index in [-0.39, 0.29) is 30.9 Å². The number of hydrogen-bond acceptors (Lipinski definition) is 4. The smallest absolute Gasteiger partial charge is 0.248 e. The standard InChI is InChI=1S/C9H18N2O4S/c1-3-4-16(13,14)10-5-8-6-11(2)9(12)7-15-8/h8,10H,3-7H2,1-2H3. The molecule has 1 aliphatic heterocycles. The summed E-state index contributed by atoms with van der Waals surface area (Å²) < 4.78 is 30.4. The topological polar surface area (TPSA) is 75.7 Å². The molecule has 0 spiro atoms. The highest BCUT2D eigenvalue weighted by Crippen LogP contribution is 2.03. The molecule has 1 amide bonds. The quantitative estimate of drug-likeness (QED) is 0.691. The second-order valence-electron chi connectivity index (χ2n) is 3.87. The van der Waals surface area contributed by atoms with Crippen LogP contribution in [0.2, 0.25) is 0 Å². The van der Waals surface area contributed by atoms with Gasteiger partial charge >= 0.3 is 0 Å². The fourth-order valence-corrected chi connectivity index (χ4v) is 2.57. The molecule has 1 fully saturated rings. The van der Waals surface area contributed by atoms with Crippen LogP contribution in [0.4, 0.5) is 0 Å². The van der Waals surface area contributed by atoms with Gasteiger partial charge in [0, 0.05) is 20.1 Å². The van der Waals surface area contributed by atoms with Gasteiger partial charge in [0.15, 0.2) is 0 Å². The number of hydrogen-bond donors (Lipinski definition) is 1. The molecule has 0 aliphatic carbocycles. The summed E-state index contributed by atoms with van der Waals surface area (Å²) in [5, 5.41) is 0. The van der Waals surface area contributed by atoms with Crippen molar-refractivity contribution in [3.8, 4) is 0 Å². The SMILES string of the molecule is CCCS(=O)(=O)NCC1CN(C)C(=O)CO1. The van der Waals surface area contributed by atoms with Crippen molar-refractivity contribution in [1.82, 2.24) is 9.62 Å². The summed E-state index contributed by atoms with van der Waals surface area (Å²) >= 11 is 0. The zero-order chi connectivity index (χ0) is 12.2. The van der Waals surface area contributed by atoms with Gasteiger partial charge in [-0.2, -0.15) is 0 Å². The average Bonchev–Trinajstić information content (AvgIpc) is 2.20. The first kappa shape index (κ1) is 13.4. The third-order valence-electron chi connectivity index (χ3n) is 2.35. The molecule has 1 heterocycles. The minimum Gasteiger partial charge on any atom is -0.365 e. The van der Waals surface area contributed by atoms with Crippen LogP contribution in [0.3, 0.4) is 0 Å². The Labute approximate surface area is 96.0 Å². The van der Waals surface area contributed by atoms with E-state index in [4.69, 9.17) is 4.74 Å². The number of carbonyl (C=O) groups is 1. The van der Waals surface area contributed by atoms with Crippen LogP contribution in [-0.4, -0.2) is 57.8 Å². The van der Waals surface area contributed by atoms with E-state index in [2.05, 4.69) is 4.72 Å². The van der Waals surface area contributed by atoms with Crippen molar-refractivity contribution in [3.63, 3.8) is 0 Å². The monoisotopic (exact) mass is 250 g/mol. The average molecular weight is 250 g/mol. The fourth-order valence-electron chi connectivity index (χ4n) is 1.44. The number of rotatable bonds is 5. The minimum absolute atomic E-state index is 0.0245. The lowest BCUT2D eigenvalue weighted by Crippen LogP contribution is -2.48. The molecule has 1 N–H and O–H groups in total. The highest BCUT2D eigenvalue weighted by molar-refractivity contribution is 7.89. The van der Waals surface area contributed by atoms with Crippen molar-refractivity contribution >= 4 is 15.9 Å². The highest BCUT2D eigenvalue weighted by atomic mass is 32.2. The molecule has 1 saturated heterocycles. The van der Waals surface area contributed by atoms with Gasteiger partial charge in [-0.1, -0.05) is 6.92 Å². The van der Waals surface area contributed by atoms with Gasteiger partial charge in [-0.25, -0.2) is 13.1 Å². The molecule has 0 radical (unpaired) electrons. The van der Waals surface area contributed by atoms with E-state index in [1.807, 2.05) is 6.92 Å². The Balaban J connectivity index is 2.36. The van der Waals surface area contributed by atoms with E-state index in [0.29, 0.717) is 13.0 Å². The van der Waals surface area contributed by atoms with Crippen LogP contribution in [0, 0.1) is 0 Å². The molecule has 6 nitrogen and oxygen atoms in total. The first-order valence-corrected chi connectivity index (χ1v) is 6.92. The van der Waals surface area contributed by atoms with Gasteiger partial charge in [-0.15, -0.1) is 0 Å². The molecule has 0 bridgehead atoms. The summed E-state index contributed by atoms with van der Waals surface area (Å²) in [5.41, 5.74) is 0. The molecule has 0 aromatic carbocycles. The van der Waals surface area contributed by atoms with E-state index in [1.54, 1.807) is 11.9 Å². The summed E-state index contributed by atoms with van der Waals surface area (Å²) in [7, 11) is -1.52. The van der Waals surface area contributed by atoms with Crippen molar-refractivity contribution in [2.75, 3.05) is 32.5 Å². The van der Waals surface area contributed by atoms with Crippen LogP contribution in [0.25, 0.3) is 0 Å². The van der Waals surface area contributed by atoms with Gasteiger partial charge in [-0.3, -0.25) is 4.79 Å². The van der Waals surface area contributed by atoms with Gasteiger partial charge in [0.1, 0.15) is 6.61 Å². The van der Waals surface area contributed by atoms with Crippen molar-refractivity contribution in [1.29, 1.82) is 0 Å². The molecule has 0 saturated carbocycles. The summed E-state index contributed by atoms with van der Waals surface area (Å²) in [6, 6.07) is 0. The number of nitrogens with zero attached hydrogens (tertiary/aromatic N) is 1. The number of morpholine rings is 1. The molecule has 0 aromatic rings. The van der Waals surface area contributed by atoms with E-state index >= 15 is 0 Å². The van der Waals surface area contributed by atoms with Gasteiger partial charge in [0.05, 0.1) is 11.9 Å². The Bertz CT molecular complexity index is 341. The van der Waals surface area contributed by atoms with Crippen LogP contribution in [0.5, 0.6) is 0 Å². The summed E-state index contributed by atoms with van der Waals surface area (Å²) in [6.07, 6.45) is 0.327. The normalized spacial score (nSPS) is 22.5. The van der Waals surface area contributed by atoms with E-state index < -0.39 is 10.0 Å². The lowest BCUT2D eigenvalue weighted by atomic mass is 10.3. The van der Waals surface area contributed by atoms with E-state index in [9.17, 15) is 13.2 Å². The molecule has 16 heavy (non-hydrogen) atoms. The lowest BCUT2D eigenvalue weighted by Gasteiger charge is -2.29. The summed E-state index contributed by atoms with van der Waals surface area (Å²) in [4.78, 5) is 12.6. The molecule has 94 valence electrons. The number of carbonyl (C=O) groups excluding carboxylic acids is 1. The molecule has 0 aromatic heterocycles. The Morgan fingerprint density at radius 3 is 2.81 bits per heavy atom. The van der Waals surface area contributed by atoms with Crippen molar-refractivity contribution < 1.29 is 17.9 Å². The first-order chi connectivity index (χ1) is 7.44. The van der Waals surface area contributed by atoms with Gasteiger partial charge in [0.25, 0.3) is 0 Å². The van der Waals surface area contributed by atoms with Crippen LogP contribution in [-0.2, 0) is 19.6 Å². The van der Waals surface area contributed by atoms with Gasteiger partial charge in [-0.05, 0) is 6.42 Å². The number of sulfonamides is 1. The van der Waals surface area contributed by atoms with Crippen LogP contribution >= 0.6 is 0 Å². The molecule has 1 unspecified atom stereocenters. The maximum atomic E-state index is 11.4. The predicted molar refractivity (Wildman–Crippen MR) is 59.5 cm³/mol. The summed E-state index contributed by atoms with van der Waals surface area (Å²) in [6.45, 7) is 2.48. The second-order valence-corrected chi connectivity index (χ2v) is 5.80. The number of amides is 1. The maximum Gasteiger partial charge on any atom is 0.248 e. The molecular formula is C9H18N2O4S. The second kappa shape index (κ2) is 5.60. The first-order valence-electron chi connectivity index (χ1n) is 5.27. The molecule has 1 atom stereocenters. The van der Waals surface area contributed by atoms with Crippen molar-refractivity contribution in [3.05, 3.63) is 0 Å². The minimum atomic E-state index is -3.20. The maximum absolute atomic E-state index is 11.4. The van der Waals surface area contributed by atoms with Crippen molar-refractivity contribution in [2.45, 2.75) is 19.4 Å². The number of nitrogens with one attached hydrogen (secondary N) is 1. The molecule has 7 heteroatoms. The zero-order valence-electron chi connectivity index (χ0n) is 9.60. The zero-order valence-corrected chi connectivity index (χ0v) is 10.4. The summed E-state index contributed by atoms with van der Waals surface area (Å²) in [5.74, 6) is 0.0433.